The molecule has 2 aromatic rings. The average molecular weight is 322 g/mol. The first-order valence-electron chi connectivity index (χ1n) is 8.14. The SMILES string of the molecule is O=C1CN(C(=O)COc2ccc3c(c2)CCC3)c2ccccc2N1. The van der Waals surface area contributed by atoms with Gasteiger partial charge >= 0.3 is 0 Å². The standard InChI is InChI=1S/C19H18N2O3/c22-18-11-21(17-7-2-1-6-16(17)20-18)19(23)12-24-15-9-8-13-4-3-5-14(13)10-15/h1-2,6-10H,3-5,11-12H2,(H,20,22). The molecular weight excluding hydrogens is 304 g/mol. The van der Waals surface area contributed by atoms with Crippen LogP contribution in [0.4, 0.5) is 11.4 Å². The quantitative estimate of drug-likeness (QED) is 0.945. The van der Waals surface area contributed by atoms with Gasteiger partial charge in [0.05, 0.1) is 11.4 Å². The smallest absolute Gasteiger partial charge is 0.265 e. The van der Waals surface area contributed by atoms with Gasteiger partial charge in [0, 0.05) is 0 Å². The number of ether oxygens (including phenoxy) is 1. The molecule has 5 nitrogen and oxygen atoms in total. The lowest BCUT2D eigenvalue weighted by Crippen LogP contribution is -2.44. The van der Waals surface area contributed by atoms with E-state index in [1.54, 1.807) is 6.07 Å². The van der Waals surface area contributed by atoms with E-state index in [4.69, 9.17) is 4.74 Å². The van der Waals surface area contributed by atoms with Gasteiger partial charge in [0.15, 0.2) is 6.61 Å². The third-order valence-corrected chi connectivity index (χ3v) is 4.50. The molecule has 5 heteroatoms. The Morgan fingerprint density at radius 2 is 1.96 bits per heavy atom. The van der Waals surface area contributed by atoms with Gasteiger partial charge in [0.25, 0.3) is 5.91 Å². The molecule has 122 valence electrons. The molecule has 1 heterocycles. The van der Waals surface area contributed by atoms with E-state index in [-0.39, 0.29) is 25.0 Å². The Hall–Kier alpha value is -2.82. The summed E-state index contributed by atoms with van der Waals surface area (Å²) >= 11 is 0. The Kier molecular flexibility index (Phi) is 3.69. The van der Waals surface area contributed by atoms with Crippen LogP contribution in [-0.2, 0) is 22.4 Å². The second-order valence-corrected chi connectivity index (χ2v) is 6.12. The molecule has 0 bridgehead atoms. The Bertz CT molecular complexity index is 816. The molecule has 0 aromatic heterocycles. The van der Waals surface area contributed by atoms with Crippen LogP contribution in [0, 0.1) is 0 Å². The summed E-state index contributed by atoms with van der Waals surface area (Å²) in [6, 6.07) is 13.3. The predicted octanol–water partition coefficient (Wildman–Crippen LogP) is 2.54. The lowest BCUT2D eigenvalue weighted by molar-refractivity contribution is -0.123. The van der Waals surface area contributed by atoms with E-state index in [0.29, 0.717) is 17.1 Å². The number of hydrogen-bond donors (Lipinski definition) is 1. The fourth-order valence-electron chi connectivity index (χ4n) is 3.32. The monoisotopic (exact) mass is 322 g/mol. The molecular formula is C19H18N2O3. The van der Waals surface area contributed by atoms with Crippen LogP contribution in [0.2, 0.25) is 0 Å². The molecule has 4 rings (SSSR count). The summed E-state index contributed by atoms with van der Waals surface area (Å²) in [5.41, 5.74) is 4.04. The Morgan fingerprint density at radius 3 is 2.88 bits per heavy atom. The molecule has 2 amide bonds. The molecule has 2 aliphatic rings. The topological polar surface area (TPSA) is 58.6 Å². The van der Waals surface area contributed by atoms with Crippen molar-refractivity contribution in [3.8, 4) is 5.75 Å². The molecule has 0 unspecified atom stereocenters. The zero-order valence-corrected chi connectivity index (χ0v) is 13.2. The van der Waals surface area contributed by atoms with Crippen LogP contribution >= 0.6 is 0 Å². The van der Waals surface area contributed by atoms with E-state index in [9.17, 15) is 9.59 Å². The van der Waals surface area contributed by atoms with Crippen LogP contribution in [0.15, 0.2) is 42.5 Å². The molecule has 0 atom stereocenters. The van der Waals surface area contributed by atoms with Crippen molar-refractivity contribution < 1.29 is 14.3 Å². The summed E-state index contributed by atoms with van der Waals surface area (Å²) in [5.74, 6) is 0.288. The first kappa shape index (κ1) is 14.8. The van der Waals surface area contributed by atoms with Gasteiger partial charge in [0.2, 0.25) is 5.91 Å². The summed E-state index contributed by atoms with van der Waals surface area (Å²) in [4.78, 5) is 25.8. The van der Waals surface area contributed by atoms with E-state index in [2.05, 4.69) is 11.4 Å². The van der Waals surface area contributed by atoms with E-state index in [1.165, 1.54) is 22.4 Å². The number of carbonyl (C=O) groups is 2. The fourth-order valence-corrected chi connectivity index (χ4v) is 3.32. The summed E-state index contributed by atoms with van der Waals surface area (Å²) in [6.45, 7) is -0.0657. The minimum absolute atomic E-state index is 0.0173. The summed E-state index contributed by atoms with van der Waals surface area (Å²) in [7, 11) is 0. The van der Waals surface area contributed by atoms with Gasteiger partial charge in [-0.2, -0.15) is 0 Å². The largest absolute Gasteiger partial charge is 0.484 e. The minimum Gasteiger partial charge on any atom is -0.484 e. The van der Waals surface area contributed by atoms with Crippen molar-refractivity contribution in [3.05, 3.63) is 53.6 Å². The zero-order chi connectivity index (χ0) is 16.5. The van der Waals surface area contributed by atoms with Gasteiger partial charge in [-0.1, -0.05) is 18.2 Å². The molecule has 0 saturated carbocycles. The number of benzene rings is 2. The van der Waals surface area contributed by atoms with Crippen LogP contribution in [0.5, 0.6) is 5.75 Å². The van der Waals surface area contributed by atoms with Crippen molar-refractivity contribution in [3.63, 3.8) is 0 Å². The summed E-state index contributed by atoms with van der Waals surface area (Å²) in [6.07, 6.45) is 3.37. The number of nitrogens with zero attached hydrogens (tertiary/aromatic N) is 1. The van der Waals surface area contributed by atoms with Crippen LogP contribution in [0.1, 0.15) is 17.5 Å². The number of nitrogens with one attached hydrogen (secondary N) is 1. The van der Waals surface area contributed by atoms with Crippen LogP contribution < -0.4 is 15.0 Å². The van der Waals surface area contributed by atoms with Crippen LogP contribution in [-0.4, -0.2) is 25.0 Å². The number of amides is 2. The van der Waals surface area contributed by atoms with Gasteiger partial charge in [-0.25, -0.2) is 0 Å². The van der Waals surface area contributed by atoms with E-state index >= 15 is 0 Å². The highest BCUT2D eigenvalue weighted by Gasteiger charge is 2.26. The number of aryl methyl sites for hydroxylation is 2. The Morgan fingerprint density at radius 1 is 1.12 bits per heavy atom. The molecule has 24 heavy (non-hydrogen) atoms. The number of carbonyl (C=O) groups excluding carboxylic acids is 2. The Labute approximate surface area is 140 Å². The van der Waals surface area contributed by atoms with E-state index in [1.807, 2.05) is 30.3 Å². The van der Waals surface area contributed by atoms with Crippen molar-refractivity contribution in [2.75, 3.05) is 23.4 Å². The van der Waals surface area contributed by atoms with Gasteiger partial charge in [-0.15, -0.1) is 0 Å². The predicted molar refractivity (Wildman–Crippen MR) is 91.4 cm³/mol. The molecule has 1 aliphatic heterocycles. The lowest BCUT2D eigenvalue weighted by atomic mass is 10.1. The van der Waals surface area contributed by atoms with Gasteiger partial charge in [-0.05, 0) is 54.7 Å². The third kappa shape index (κ3) is 2.73. The highest BCUT2D eigenvalue weighted by atomic mass is 16.5. The molecule has 0 radical (unpaired) electrons. The maximum absolute atomic E-state index is 12.5. The highest BCUT2D eigenvalue weighted by Crippen LogP contribution is 2.29. The number of hydrogen-bond acceptors (Lipinski definition) is 3. The first-order chi connectivity index (χ1) is 11.7. The average Bonchev–Trinajstić information content (AvgIpc) is 3.06. The number of fused-ring (bicyclic) bond motifs is 2. The van der Waals surface area contributed by atoms with Gasteiger partial charge in [-0.3, -0.25) is 14.5 Å². The second-order valence-electron chi connectivity index (χ2n) is 6.12. The number of para-hydroxylation sites is 2. The highest BCUT2D eigenvalue weighted by molar-refractivity contribution is 6.10. The van der Waals surface area contributed by atoms with Crippen molar-refractivity contribution in [2.45, 2.75) is 19.3 Å². The van der Waals surface area contributed by atoms with Crippen molar-refractivity contribution >= 4 is 23.2 Å². The zero-order valence-electron chi connectivity index (χ0n) is 13.2. The first-order valence-corrected chi connectivity index (χ1v) is 8.14. The fraction of sp³-hybridized carbons (Fsp3) is 0.263. The molecule has 0 saturated heterocycles. The normalized spacial score (nSPS) is 15.5. The summed E-state index contributed by atoms with van der Waals surface area (Å²) < 4.78 is 5.67. The second kappa shape index (κ2) is 6.00. The lowest BCUT2D eigenvalue weighted by Gasteiger charge is -2.29. The molecule has 0 spiro atoms. The van der Waals surface area contributed by atoms with Crippen LogP contribution in [0.3, 0.4) is 0 Å². The van der Waals surface area contributed by atoms with Gasteiger partial charge in [0.1, 0.15) is 12.3 Å². The van der Waals surface area contributed by atoms with Gasteiger partial charge < -0.3 is 10.1 Å². The van der Waals surface area contributed by atoms with Crippen LogP contribution in [0.25, 0.3) is 0 Å². The van der Waals surface area contributed by atoms with Crippen molar-refractivity contribution in [1.82, 2.24) is 0 Å². The summed E-state index contributed by atoms with van der Waals surface area (Å²) in [5, 5.41) is 2.77. The van der Waals surface area contributed by atoms with Crippen molar-refractivity contribution in [2.24, 2.45) is 0 Å². The third-order valence-electron chi connectivity index (χ3n) is 4.50. The number of rotatable bonds is 3. The Balaban J connectivity index is 1.48. The minimum atomic E-state index is -0.224. The number of anilines is 2. The maximum atomic E-state index is 12.5. The molecule has 1 aliphatic carbocycles. The molecule has 1 N–H and O–H groups in total. The maximum Gasteiger partial charge on any atom is 0.265 e. The van der Waals surface area contributed by atoms with E-state index < -0.39 is 0 Å². The molecule has 2 aromatic carbocycles. The van der Waals surface area contributed by atoms with E-state index in [0.717, 1.165) is 12.8 Å². The molecule has 0 fully saturated rings. The van der Waals surface area contributed by atoms with Crippen molar-refractivity contribution in [1.29, 1.82) is 0 Å².